The van der Waals surface area contributed by atoms with Crippen LogP contribution < -0.4 is 10.9 Å². The Labute approximate surface area is 153 Å². The van der Waals surface area contributed by atoms with Gasteiger partial charge < -0.3 is 5.32 Å². The third kappa shape index (κ3) is 3.69. The van der Waals surface area contributed by atoms with Crippen molar-refractivity contribution in [2.24, 2.45) is 0 Å². The summed E-state index contributed by atoms with van der Waals surface area (Å²) in [6.07, 6.45) is 0. The Hall–Kier alpha value is -2.88. The van der Waals surface area contributed by atoms with Gasteiger partial charge in [-0.15, -0.1) is 0 Å². The number of benzene rings is 2. The van der Waals surface area contributed by atoms with Gasteiger partial charge in [-0.05, 0) is 41.7 Å². The standard InChI is InChI=1S/C22H24N2O2/c1-15-13-21(26)24(19-8-6-5-7-18(15)19)14-20(25)23-17-11-9-16(10-12-17)22(2,3)4/h5-13H,14H2,1-4H3,(H,23,25). The highest BCUT2D eigenvalue weighted by molar-refractivity contribution is 5.92. The lowest BCUT2D eigenvalue weighted by Crippen LogP contribution is -2.27. The highest BCUT2D eigenvalue weighted by atomic mass is 16.2. The van der Waals surface area contributed by atoms with Crippen LogP contribution in [0, 0.1) is 6.92 Å². The van der Waals surface area contributed by atoms with Crippen LogP contribution in [0.1, 0.15) is 31.9 Å². The van der Waals surface area contributed by atoms with E-state index in [1.54, 1.807) is 6.07 Å². The number of hydrogen-bond donors (Lipinski definition) is 1. The molecule has 4 heteroatoms. The van der Waals surface area contributed by atoms with Crippen LogP contribution in [-0.2, 0) is 16.8 Å². The van der Waals surface area contributed by atoms with Gasteiger partial charge in [-0.1, -0.05) is 51.1 Å². The van der Waals surface area contributed by atoms with E-state index in [2.05, 4.69) is 26.1 Å². The molecule has 3 aromatic rings. The fourth-order valence-electron chi connectivity index (χ4n) is 3.06. The molecule has 26 heavy (non-hydrogen) atoms. The molecule has 0 spiro atoms. The molecule has 0 bridgehead atoms. The number of hydrogen-bond acceptors (Lipinski definition) is 2. The minimum absolute atomic E-state index is 0.0132. The summed E-state index contributed by atoms with van der Waals surface area (Å²) in [4.78, 5) is 24.9. The van der Waals surface area contributed by atoms with Crippen LogP contribution in [-0.4, -0.2) is 10.5 Å². The molecule has 134 valence electrons. The highest BCUT2D eigenvalue weighted by Crippen LogP contribution is 2.23. The Morgan fingerprint density at radius 2 is 1.69 bits per heavy atom. The Morgan fingerprint density at radius 3 is 2.35 bits per heavy atom. The zero-order valence-electron chi connectivity index (χ0n) is 15.7. The smallest absolute Gasteiger partial charge is 0.251 e. The lowest BCUT2D eigenvalue weighted by Gasteiger charge is -2.19. The molecule has 0 atom stereocenters. The topological polar surface area (TPSA) is 51.1 Å². The van der Waals surface area contributed by atoms with Gasteiger partial charge in [0.1, 0.15) is 6.54 Å². The molecule has 1 N–H and O–H groups in total. The van der Waals surface area contributed by atoms with Gasteiger partial charge in [0.05, 0.1) is 5.52 Å². The Morgan fingerprint density at radius 1 is 1.04 bits per heavy atom. The summed E-state index contributed by atoms with van der Waals surface area (Å²) in [5, 5.41) is 3.86. The van der Waals surface area contributed by atoms with Gasteiger partial charge in [-0.3, -0.25) is 14.2 Å². The number of aromatic nitrogens is 1. The summed E-state index contributed by atoms with van der Waals surface area (Å²) in [6, 6.07) is 17.0. The van der Waals surface area contributed by atoms with Gasteiger partial charge in [0, 0.05) is 17.1 Å². The van der Waals surface area contributed by atoms with Crippen LogP contribution in [0.4, 0.5) is 5.69 Å². The second-order valence-corrected chi connectivity index (χ2v) is 7.64. The number of nitrogens with zero attached hydrogens (tertiary/aromatic N) is 1. The summed E-state index contributed by atoms with van der Waals surface area (Å²) in [5.74, 6) is -0.218. The van der Waals surface area contributed by atoms with E-state index in [4.69, 9.17) is 0 Å². The summed E-state index contributed by atoms with van der Waals surface area (Å²) in [5.41, 5.74) is 3.52. The molecule has 1 heterocycles. The molecule has 2 aromatic carbocycles. The van der Waals surface area contributed by atoms with Crippen molar-refractivity contribution < 1.29 is 4.79 Å². The van der Waals surface area contributed by atoms with Crippen molar-refractivity contribution in [3.05, 3.63) is 76.1 Å². The van der Waals surface area contributed by atoms with Crippen LogP contribution in [0.25, 0.3) is 10.9 Å². The average molecular weight is 348 g/mol. The summed E-state index contributed by atoms with van der Waals surface area (Å²) in [6.45, 7) is 8.34. The van der Waals surface area contributed by atoms with Crippen molar-refractivity contribution in [3.63, 3.8) is 0 Å². The molecule has 0 aliphatic carbocycles. The van der Waals surface area contributed by atoms with E-state index in [-0.39, 0.29) is 23.4 Å². The number of fused-ring (bicyclic) bond motifs is 1. The Balaban J connectivity index is 1.83. The zero-order chi connectivity index (χ0) is 18.9. The maximum Gasteiger partial charge on any atom is 0.251 e. The molecule has 3 rings (SSSR count). The second kappa shape index (κ2) is 6.79. The van der Waals surface area contributed by atoms with E-state index < -0.39 is 0 Å². The maximum absolute atomic E-state index is 12.5. The number of amides is 1. The predicted octanol–water partition coefficient (Wildman–Crippen LogP) is 4.25. The molecular formula is C22H24N2O2. The van der Waals surface area contributed by atoms with Crippen LogP contribution >= 0.6 is 0 Å². The number of rotatable bonds is 3. The summed E-state index contributed by atoms with van der Waals surface area (Å²) >= 11 is 0. The lowest BCUT2D eigenvalue weighted by molar-refractivity contribution is -0.116. The van der Waals surface area contributed by atoms with Gasteiger partial charge in [0.15, 0.2) is 0 Å². The van der Waals surface area contributed by atoms with Crippen molar-refractivity contribution in [2.75, 3.05) is 5.32 Å². The fraction of sp³-hybridized carbons (Fsp3) is 0.273. The number of para-hydroxylation sites is 1. The quantitative estimate of drug-likeness (QED) is 0.769. The van der Waals surface area contributed by atoms with Crippen LogP contribution in [0.15, 0.2) is 59.4 Å². The molecule has 0 radical (unpaired) electrons. The minimum Gasteiger partial charge on any atom is -0.325 e. The third-order valence-corrected chi connectivity index (χ3v) is 4.56. The van der Waals surface area contributed by atoms with Crippen molar-refractivity contribution >= 4 is 22.5 Å². The van der Waals surface area contributed by atoms with Gasteiger partial charge >= 0.3 is 0 Å². The van der Waals surface area contributed by atoms with Crippen molar-refractivity contribution in [3.8, 4) is 0 Å². The first kappa shape index (κ1) is 17.9. The van der Waals surface area contributed by atoms with Gasteiger partial charge in [-0.25, -0.2) is 0 Å². The molecule has 0 fully saturated rings. The molecule has 0 aliphatic rings. The monoisotopic (exact) mass is 348 g/mol. The zero-order valence-corrected chi connectivity index (χ0v) is 15.7. The van der Waals surface area contributed by atoms with E-state index >= 15 is 0 Å². The molecule has 1 amide bonds. The summed E-state index contributed by atoms with van der Waals surface area (Å²) in [7, 11) is 0. The highest BCUT2D eigenvalue weighted by Gasteiger charge is 2.14. The van der Waals surface area contributed by atoms with E-state index in [1.807, 2.05) is 55.5 Å². The first-order valence-corrected chi connectivity index (χ1v) is 8.75. The Kier molecular flexibility index (Phi) is 4.68. The number of aryl methyl sites for hydroxylation is 1. The van der Waals surface area contributed by atoms with Gasteiger partial charge in [0.25, 0.3) is 5.56 Å². The molecule has 1 aromatic heterocycles. The largest absolute Gasteiger partial charge is 0.325 e. The predicted molar refractivity (Wildman–Crippen MR) is 107 cm³/mol. The van der Waals surface area contributed by atoms with Crippen LogP contribution in [0.5, 0.6) is 0 Å². The number of nitrogens with one attached hydrogen (secondary N) is 1. The third-order valence-electron chi connectivity index (χ3n) is 4.56. The first-order chi connectivity index (χ1) is 12.3. The summed E-state index contributed by atoms with van der Waals surface area (Å²) < 4.78 is 1.52. The lowest BCUT2D eigenvalue weighted by atomic mass is 9.87. The normalized spacial score (nSPS) is 11.5. The Bertz CT molecular complexity index is 1010. The minimum atomic E-state index is -0.218. The number of anilines is 1. The van der Waals surface area contributed by atoms with Crippen molar-refractivity contribution in [1.29, 1.82) is 0 Å². The van der Waals surface area contributed by atoms with Crippen LogP contribution in [0.3, 0.4) is 0 Å². The molecule has 0 saturated heterocycles. The molecule has 4 nitrogen and oxygen atoms in total. The molecule has 0 unspecified atom stereocenters. The fourth-order valence-corrected chi connectivity index (χ4v) is 3.06. The van der Waals surface area contributed by atoms with E-state index in [0.29, 0.717) is 0 Å². The van der Waals surface area contributed by atoms with E-state index in [0.717, 1.165) is 22.2 Å². The molecule has 0 saturated carbocycles. The van der Waals surface area contributed by atoms with Crippen molar-refractivity contribution in [1.82, 2.24) is 4.57 Å². The average Bonchev–Trinajstić information content (AvgIpc) is 2.58. The number of carbonyl (C=O) groups excluding carboxylic acids is 1. The van der Waals surface area contributed by atoms with Gasteiger partial charge in [0.2, 0.25) is 5.91 Å². The van der Waals surface area contributed by atoms with E-state index in [9.17, 15) is 9.59 Å². The number of carbonyl (C=O) groups is 1. The first-order valence-electron chi connectivity index (χ1n) is 8.75. The molecule has 0 aliphatic heterocycles. The van der Waals surface area contributed by atoms with Gasteiger partial charge in [-0.2, -0.15) is 0 Å². The molecular weight excluding hydrogens is 324 g/mol. The van der Waals surface area contributed by atoms with Crippen LogP contribution in [0.2, 0.25) is 0 Å². The SMILES string of the molecule is Cc1cc(=O)n(CC(=O)Nc2ccc(C(C)(C)C)cc2)c2ccccc12. The number of pyridine rings is 1. The van der Waals surface area contributed by atoms with Crippen molar-refractivity contribution in [2.45, 2.75) is 39.7 Å². The second-order valence-electron chi connectivity index (χ2n) is 7.64. The van der Waals surface area contributed by atoms with E-state index in [1.165, 1.54) is 10.1 Å². The maximum atomic E-state index is 12.5.